The lowest BCUT2D eigenvalue weighted by Crippen LogP contribution is -2.54. The number of aryl methyl sites for hydroxylation is 1. The molecule has 107 heavy (non-hydrogen) atoms. The molecule has 10 atom stereocenters. The number of piperidine rings is 1. The maximum atomic E-state index is 14.9. The van der Waals surface area contributed by atoms with Crippen molar-refractivity contribution in [3.8, 4) is 5.75 Å². The highest BCUT2D eigenvalue weighted by atomic mass is 32.3. The smallest absolute Gasteiger partial charge is 0.444 e. The first-order chi connectivity index (χ1) is 50.9. The number of Topliss-reactive ketones (excluding diaryl/α,β-unsaturated/α-hetero) is 2. The van der Waals surface area contributed by atoms with Gasteiger partial charge in [0.15, 0.2) is 5.78 Å². The van der Waals surface area contributed by atoms with Gasteiger partial charge in [0, 0.05) is 154 Å². The summed E-state index contributed by atoms with van der Waals surface area (Å²) in [6, 6.07) is 17.0. The summed E-state index contributed by atoms with van der Waals surface area (Å²) in [6.45, 7) is 18.9. The SMILES string of the molecule is CC[C@H](C)[C@@H]([C@@H](CC(=O)N1CCC[C@H]1[C@H](OC)[C@@H](C)C(=O)C[C@H](C)[C@@H](O)c1ccccc1)OC)N(C)C(=O)[C@@H](CC(=O)[C@H](C(C)C)N(C)C(=O)OCc1ccc(OS(=O)(=O)O)cc1NC(=O)CCNC(=O)CCOCCOCCNC1CCN(C(=O)CCn2c(CN(C)NC)cc3cccnc32)CC1)C(C)C. The van der Waals surface area contributed by atoms with Crippen molar-refractivity contribution in [1.29, 1.82) is 0 Å². The largest absolute Gasteiger partial charge is 0.446 e. The number of nitrogens with one attached hydrogen (secondary N) is 4. The third kappa shape index (κ3) is 26.6. The lowest BCUT2D eigenvalue weighted by atomic mass is 9.83. The third-order valence-corrected chi connectivity index (χ3v) is 21.2. The number of rotatable bonds is 46. The summed E-state index contributed by atoms with van der Waals surface area (Å²) in [5, 5.41) is 22.9. The van der Waals surface area contributed by atoms with Crippen molar-refractivity contribution < 1.29 is 84.3 Å². The number of carbonyl (C=O) groups is 8. The second kappa shape index (κ2) is 43.6. The number of likely N-dealkylation sites (tertiary alicyclic amines) is 2. The van der Waals surface area contributed by atoms with E-state index in [1.807, 2.05) is 101 Å². The maximum absolute atomic E-state index is 14.9. The highest BCUT2D eigenvalue weighted by Gasteiger charge is 2.44. The van der Waals surface area contributed by atoms with Crippen LogP contribution in [0.3, 0.4) is 0 Å². The summed E-state index contributed by atoms with van der Waals surface area (Å²) in [5.41, 5.74) is 5.92. The normalized spacial score (nSPS) is 16.9. The van der Waals surface area contributed by atoms with E-state index < -0.39 is 89.0 Å². The molecule has 4 heterocycles. The third-order valence-electron chi connectivity index (χ3n) is 20.8. The minimum absolute atomic E-state index is 0.00431. The minimum Gasteiger partial charge on any atom is -0.444 e. The van der Waals surface area contributed by atoms with Gasteiger partial charge in [0.2, 0.25) is 29.5 Å². The van der Waals surface area contributed by atoms with E-state index in [2.05, 4.69) is 41.2 Å². The number of aromatic nitrogens is 2. The molecule has 2 aliphatic rings. The van der Waals surface area contributed by atoms with Gasteiger partial charge in [-0.15, -0.1) is 0 Å². The molecule has 30 heteroatoms. The van der Waals surface area contributed by atoms with Crippen LogP contribution in [0.4, 0.5) is 10.5 Å². The molecule has 0 saturated carbocycles. The monoisotopic (exact) mass is 1520 g/mol. The number of nitrogens with zero attached hydrogens (tertiary/aromatic N) is 7. The average Bonchev–Trinajstić information content (AvgIpc) is 1.71. The fourth-order valence-electron chi connectivity index (χ4n) is 14.5. The molecule has 2 fully saturated rings. The fourth-order valence-corrected chi connectivity index (χ4v) is 14.8. The van der Waals surface area contributed by atoms with Crippen LogP contribution in [0.5, 0.6) is 5.75 Å². The number of hydrogen-bond acceptors (Lipinski definition) is 21. The quantitative estimate of drug-likeness (QED) is 0.0142. The van der Waals surface area contributed by atoms with E-state index in [0.29, 0.717) is 78.2 Å². The molecule has 596 valence electrons. The Morgan fingerprint density at radius 2 is 1.43 bits per heavy atom. The van der Waals surface area contributed by atoms with E-state index >= 15 is 0 Å². The number of hydrogen-bond donors (Lipinski definition) is 6. The van der Waals surface area contributed by atoms with Gasteiger partial charge in [-0.2, -0.15) is 8.42 Å². The number of aliphatic hydroxyl groups is 1. The second-order valence-electron chi connectivity index (χ2n) is 29.1. The Morgan fingerprint density at radius 1 is 0.729 bits per heavy atom. The van der Waals surface area contributed by atoms with Gasteiger partial charge in [-0.3, -0.25) is 43.5 Å². The molecular weight excluding hydrogens is 1400 g/mol. The van der Waals surface area contributed by atoms with Crippen molar-refractivity contribution in [3.63, 3.8) is 0 Å². The Bertz CT molecular complexity index is 3630. The van der Waals surface area contributed by atoms with Crippen LogP contribution in [0, 0.1) is 35.5 Å². The van der Waals surface area contributed by atoms with Gasteiger partial charge in [0.1, 0.15) is 23.8 Å². The van der Waals surface area contributed by atoms with E-state index in [1.165, 1.54) is 33.4 Å². The first-order valence-corrected chi connectivity index (χ1v) is 38.9. The molecule has 0 bridgehead atoms. The number of amides is 6. The Morgan fingerprint density at radius 3 is 2.07 bits per heavy atom. The molecule has 0 radical (unpaired) electrons. The van der Waals surface area contributed by atoms with E-state index in [-0.39, 0.29) is 122 Å². The van der Waals surface area contributed by atoms with Crippen LogP contribution in [0.15, 0.2) is 72.9 Å². The Balaban J connectivity index is 0.931. The number of likely N-dealkylation sites (N-methyl/N-ethyl adjacent to an activating group) is 2. The molecule has 2 aromatic carbocycles. The molecule has 2 saturated heterocycles. The molecule has 6 amide bonds. The number of ketones is 2. The number of ether oxygens (including phenoxy) is 5. The second-order valence-corrected chi connectivity index (χ2v) is 30.1. The number of methoxy groups -OCH3 is 2. The highest BCUT2D eigenvalue weighted by molar-refractivity contribution is 7.81. The number of carbonyl (C=O) groups excluding carboxylic acids is 8. The molecule has 0 unspecified atom stereocenters. The van der Waals surface area contributed by atoms with Crippen molar-refractivity contribution in [3.05, 3.63) is 89.7 Å². The number of hydrazine groups is 1. The number of pyridine rings is 1. The molecular formula is C77H119N11O18S. The standard InChI is InChI=1S/C77H119N11O18S/c1-15-52(6)72(66(101-13)47-70(94)88-35-20-24-63(88)74(102-14)54(8)64(89)43-53(7)73(95)55-21-17-16-18-22-55)84(11)76(96)61(50(2)3)46-65(90)71(51(4)5)85(12)77(97)105-49-57-25-26-60(106-107(98,99)100)45-62(57)82-68(92)27-33-80-67(91)31-39-103-41-42-104-40-34-79-58-28-36-86(37-29-58)69(93)30-38-87-59(48-83(10)78-9)44-56-23-19-32-81-75(56)87/h16-19,21-23,25-26,32,44-45,50-54,58,61,63,66,71-74,78-79,95H,15,20,24,27-31,33-43,46-49H2,1-14H3,(H,80,91)(H,82,92)(H,98,99,100)/t52-,53-,54-,61-,63-,66+,71-,72-,73+,74+/m0/s1. The van der Waals surface area contributed by atoms with Crippen molar-refractivity contribution in [1.82, 2.24) is 50.2 Å². The molecule has 2 aliphatic heterocycles. The summed E-state index contributed by atoms with van der Waals surface area (Å²) in [6.07, 6.45) is 2.13. The van der Waals surface area contributed by atoms with Crippen LogP contribution >= 0.6 is 0 Å². The van der Waals surface area contributed by atoms with Gasteiger partial charge in [0.05, 0.1) is 81.5 Å². The molecule has 4 aromatic rings. The maximum Gasteiger partial charge on any atom is 0.446 e. The first-order valence-electron chi connectivity index (χ1n) is 37.6. The highest BCUT2D eigenvalue weighted by Crippen LogP contribution is 2.34. The summed E-state index contributed by atoms with van der Waals surface area (Å²) in [7, 11) is 4.93. The number of anilines is 1. The average molecular weight is 1520 g/mol. The molecule has 0 aliphatic carbocycles. The van der Waals surface area contributed by atoms with E-state index in [9.17, 15) is 56.4 Å². The van der Waals surface area contributed by atoms with Crippen LogP contribution in [0.1, 0.15) is 149 Å². The fraction of sp³-hybridized carbons (Fsp3) is 0.649. The lowest BCUT2D eigenvalue weighted by molar-refractivity contribution is -0.149. The summed E-state index contributed by atoms with van der Waals surface area (Å²) in [5.74, 6) is -5.15. The van der Waals surface area contributed by atoms with Crippen molar-refractivity contribution in [2.45, 2.75) is 188 Å². The summed E-state index contributed by atoms with van der Waals surface area (Å²) >= 11 is 0. The zero-order valence-electron chi connectivity index (χ0n) is 65.2. The van der Waals surface area contributed by atoms with E-state index in [0.717, 1.165) is 46.1 Å². The van der Waals surface area contributed by atoms with Gasteiger partial charge >= 0.3 is 16.5 Å². The van der Waals surface area contributed by atoms with E-state index in [4.69, 9.17) is 23.7 Å². The van der Waals surface area contributed by atoms with Crippen LogP contribution in [-0.2, 0) is 87.3 Å². The van der Waals surface area contributed by atoms with Crippen molar-refractivity contribution >= 4 is 74.3 Å². The topological polar surface area (TPSA) is 349 Å². The zero-order valence-corrected chi connectivity index (χ0v) is 66.0. The molecule has 6 N–H and O–H groups in total. The molecule has 29 nitrogen and oxygen atoms in total. The van der Waals surface area contributed by atoms with Gasteiger partial charge in [-0.05, 0) is 92.3 Å². The summed E-state index contributed by atoms with van der Waals surface area (Å²) < 4.78 is 68.8. The van der Waals surface area contributed by atoms with Gasteiger partial charge in [0.25, 0.3) is 0 Å². The predicted molar refractivity (Wildman–Crippen MR) is 404 cm³/mol. The minimum atomic E-state index is -5.00. The molecule has 0 spiro atoms. The Labute approximate surface area is 632 Å². The van der Waals surface area contributed by atoms with Gasteiger partial charge < -0.3 is 73.1 Å². The number of benzene rings is 2. The molecule has 2 aromatic heterocycles. The van der Waals surface area contributed by atoms with Gasteiger partial charge in [-0.1, -0.05) is 92.1 Å². The van der Waals surface area contributed by atoms with Crippen LogP contribution in [0.2, 0.25) is 0 Å². The van der Waals surface area contributed by atoms with Crippen molar-refractivity contribution in [2.24, 2.45) is 35.5 Å². The Hall–Kier alpha value is -7.52. The van der Waals surface area contributed by atoms with Crippen LogP contribution in [0.25, 0.3) is 11.0 Å². The zero-order chi connectivity index (χ0) is 78.7. The number of fused-ring (bicyclic) bond motifs is 1. The van der Waals surface area contributed by atoms with Crippen LogP contribution < -0.4 is 25.6 Å². The molecule has 6 rings (SSSR count). The Kier molecular flexibility index (Phi) is 36.0. The van der Waals surface area contributed by atoms with E-state index in [1.54, 1.807) is 43.8 Å². The lowest BCUT2D eigenvalue weighted by Gasteiger charge is -2.41. The van der Waals surface area contributed by atoms with Crippen LogP contribution in [-0.4, -0.2) is 237 Å². The number of aliphatic hydroxyl groups excluding tert-OH is 1. The van der Waals surface area contributed by atoms with Gasteiger partial charge in [-0.25, -0.2) is 14.8 Å². The van der Waals surface area contributed by atoms with Crippen molar-refractivity contribution in [2.75, 3.05) is 107 Å². The summed E-state index contributed by atoms with van der Waals surface area (Å²) in [4.78, 5) is 122. The first kappa shape index (κ1) is 88.4. The predicted octanol–water partition coefficient (Wildman–Crippen LogP) is 7.40.